The van der Waals surface area contributed by atoms with Crippen molar-refractivity contribution in [3.63, 3.8) is 0 Å². The van der Waals surface area contributed by atoms with Gasteiger partial charge in [0.15, 0.2) is 0 Å². The molecule has 0 saturated carbocycles. The van der Waals surface area contributed by atoms with Crippen molar-refractivity contribution in [2.45, 2.75) is 6.42 Å². The van der Waals surface area contributed by atoms with Crippen LogP contribution in [0.25, 0.3) is 0 Å². The minimum atomic E-state index is -0.161. The Kier molecular flexibility index (Phi) is 6.80. The van der Waals surface area contributed by atoms with Crippen molar-refractivity contribution in [2.75, 3.05) is 12.4 Å². The van der Waals surface area contributed by atoms with Gasteiger partial charge < -0.3 is 4.74 Å². The lowest BCUT2D eigenvalue weighted by molar-refractivity contribution is -0.120. The van der Waals surface area contributed by atoms with Crippen LogP contribution in [0.2, 0.25) is 0 Å². The van der Waals surface area contributed by atoms with Gasteiger partial charge >= 0.3 is 0 Å². The maximum absolute atomic E-state index is 12.0. The molecule has 0 fully saturated rings. The zero-order valence-corrected chi connectivity index (χ0v) is 15.7. The van der Waals surface area contributed by atoms with Gasteiger partial charge in [-0.3, -0.25) is 4.79 Å². The van der Waals surface area contributed by atoms with E-state index in [4.69, 9.17) is 4.74 Å². The van der Waals surface area contributed by atoms with Crippen molar-refractivity contribution in [3.05, 3.63) is 64.1 Å². The molecule has 23 heavy (non-hydrogen) atoms. The second kappa shape index (κ2) is 8.84. The van der Waals surface area contributed by atoms with Crippen molar-refractivity contribution >= 4 is 43.5 Å². The molecule has 0 aliphatic carbocycles. The average Bonchev–Trinajstić information content (AvgIpc) is 2.57. The quantitative estimate of drug-likeness (QED) is 0.421. The summed E-state index contributed by atoms with van der Waals surface area (Å²) >= 11 is 6.79. The molecule has 1 amide bonds. The van der Waals surface area contributed by atoms with Gasteiger partial charge in [-0.2, -0.15) is 5.10 Å². The van der Waals surface area contributed by atoms with Crippen LogP contribution in [0.5, 0.6) is 5.75 Å². The summed E-state index contributed by atoms with van der Waals surface area (Å²) in [4.78, 5) is 12.0. The van der Waals surface area contributed by atoms with Crippen LogP contribution in [-0.2, 0) is 11.2 Å². The summed E-state index contributed by atoms with van der Waals surface area (Å²) in [6, 6.07) is 15.2. The van der Waals surface area contributed by atoms with Crippen molar-refractivity contribution in [2.24, 2.45) is 5.10 Å². The van der Waals surface area contributed by atoms with E-state index in [9.17, 15) is 4.79 Å². The van der Waals surface area contributed by atoms with Crippen LogP contribution < -0.4 is 10.2 Å². The number of carbonyl (C=O) groups is 1. The number of amides is 1. The number of hydrazone groups is 1. The van der Waals surface area contributed by atoms with Crippen molar-refractivity contribution in [1.82, 2.24) is 5.43 Å². The van der Waals surface area contributed by atoms with E-state index in [2.05, 4.69) is 42.4 Å². The Morgan fingerprint density at radius 2 is 1.78 bits per heavy atom. The molecule has 0 unspecified atom stereocenters. The fourth-order valence-electron chi connectivity index (χ4n) is 1.91. The highest BCUT2D eigenvalue weighted by Crippen LogP contribution is 2.13. The molecule has 2 aromatic rings. The van der Waals surface area contributed by atoms with Crippen molar-refractivity contribution in [1.29, 1.82) is 0 Å². The predicted octanol–water partition coefficient (Wildman–Crippen LogP) is 3.92. The first kappa shape index (κ1) is 17.7. The molecule has 0 bridgehead atoms. The van der Waals surface area contributed by atoms with Gasteiger partial charge in [0.1, 0.15) is 5.75 Å². The molecule has 2 rings (SSSR count). The van der Waals surface area contributed by atoms with Gasteiger partial charge in [0.25, 0.3) is 0 Å². The number of rotatable bonds is 6. The van der Waals surface area contributed by atoms with Gasteiger partial charge in [-0.25, -0.2) is 5.43 Å². The molecule has 0 aromatic heterocycles. The van der Waals surface area contributed by atoms with Crippen LogP contribution >= 0.6 is 31.9 Å². The molecule has 2 aromatic carbocycles. The molecule has 0 atom stereocenters. The number of nitrogens with zero attached hydrogens (tertiary/aromatic N) is 1. The molecular weight excluding hydrogens is 424 g/mol. The lowest BCUT2D eigenvalue weighted by atomic mass is 10.1. The summed E-state index contributed by atoms with van der Waals surface area (Å²) in [7, 11) is 1.61. The molecule has 0 aliphatic heterocycles. The third-order valence-corrected chi connectivity index (χ3v) is 4.20. The van der Waals surface area contributed by atoms with E-state index in [-0.39, 0.29) is 12.3 Å². The highest BCUT2D eigenvalue weighted by molar-refractivity contribution is 9.10. The molecule has 0 radical (unpaired) electrons. The molecule has 6 heteroatoms. The topological polar surface area (TPSA) is 50.7 Å². The van der Waals surface area contributed by atoms with Crippen LogP contribution in [0, 0.1) is 0 Å². The van der Waals surface area contributed by atoms with Crippen LogP contribution in [-0.4, -0.2) is 24.1 Å². The van der Waals surface area contributed by atoms with Gasteiger partial charge in [0.05, 0.1) is 19.2 Å². The summed E-state index contributed by atoms with van der Waals surface area (Å²) < 4.78 is 6.09. The first-order chi connectivity index (χ1) is 11.1. The number of benzene rings is 2. The number of methoxy groups -OCH3 is 1. The van der Waals surface area contributed by atoms with Crippen LogP contribution in [0.15, 0.2) is 58.1 Å². The summed E-state index contributed by atoms with van der Waals surface area (Å²) in [5, 5.41) is 4.76. The molecule has 0 heterocycles. The van der Waals surface area contributed by atoms with E-state index in [1.165, 1.54) is 0 Å². The Labute approximate surface area is 152 Å². The van der Waals surface area contributed by atoms with Gasteiger partial charge in [0.2, 0.25) is 5.91 Å². The summed E-state index contributed by atoms with van der Waals surface area (Å²) in [5.74, 6) is 0.606. The first-order valence-electron chi connectivity index (χ1n) is 6.92. The maximum atomic E-state index is 12.0. The molecular formula is C17H16Br2N2O2. The molecule has 0 saturated heterocycles. The predicted molar refractivity (Wildman–Crippen MR) is 99.3 cm³/mol. The summed E-state index contributed by atoms with van der Waals surface area (Å²) in [5.41, 5.74) is 5.22. The second-order valence-corrected chi connectivity index (χ2v) is 6.24. The zero-order valence-electron chi connectivity index (χ0n) is 12.6. The highest BCUT2D eigenvalue weighted by Gasteiger charge is 2.06. The molecule has 0 spiro atoms. The fourth-order valence-corrected chi connectivity index (χ4v) is 2.63. The SMILES string of the molecule is COc1ccc(CC(=O)N/N=C(\CBr)c2ccc(Br)cc2)cc1. The van der Waals surface area contributed by atoms with E-state index in [1.807, 2.05) is 48.5 Å². The van der Waals surface area contributed by atoms with E-state index >= 15 is 0 Å². The van der Waals surface area contributed by atoms with Crippen molar-refractivity contribution < 1.29 is 9.53 Å². The van der Waals surface area contributed by atoms with Crippen molar-refractivity contribution in [3.8, 4) is 5.75 Å². The van der Waals surface area contributed by atoms with Gasteiger partial charge in [-0.1, -0.05) is 56.1 Å². The number of halogens is 2. The van der Waals surface area contributed by atoms with E-state index in [1.54, 1.807) is 7.11 Å². The number of carbonyl (C=O) groups excluding carboxylic acids is 1. The minimum absolute atomic E-state index is 0.161. The second-order valence-electron chi connectivity index (χ2n) is 4.76. The Morgan fingerprint density at radius 3 is 2.35 bits per heavy atom. The van der Waals surface area contributed by atoms with Gasteiger partial charge in [0, 0.05) is 9.80 Å². The largest absolute Gasteiger partial charge is 0.497 e. The first-order valence-corrected chi connectivity index (χ1v) is 8.84. The third kappa shape index (κ3) is 5.48. The van der Waals surface area contributed by atoms with E-state index in [0.29, 0.717) is 5.33 Å². The smallest absolute Gasteiger partial charge is 0.244 e. The van der Waals surface area contributed by atoms with E-state index < -0.39 is 0 Å². The molecule has 1 N–H and O–H groups in total. The van der Waals surface area contributed by atoms with Crippen LogP contribution in [0.4, 0.5) is 0 Å². The van der Waals surface area contributed by atoms with Gasteiger partial charge in [-0.15, -0.1) is 0 Å². The number of hydrogen-bond donors (Lipinski definition) is 1. The zero-order chi connectivity index (χ0) is 16.7. The number of alkyl halides is 1. The average molecular weight is 440 g/mol. The maximum Gasteiger partial charge on any atom is 0.244 e. The highest BCUT2D eigenvalue weighted by atomic mass is 79.9. The monoisotopic (exact) mass is 438 g/mol. The molecule has 120 valence electrons. The standard InChI is InChI=1S/C17H16Br2N2O2/c1-23-15-8-2-12(3-9-15)10-17(22)21-20-16(11-18)13-4-6-14(19)7-5-13/h2-9H,10-11H2,1H3,(H,21,22)/b20-16+. The lowest BCUT2D eigenvalue weighted by Crippen LogP contribution is -2.22. The summed E-state index contributed by atoms with van der Waals surface area (Å²) in [6.45, 7) is 0. The number of nitrogens with one attached hydrogen (secondary N) is 1. The number of ether oxygens (including phenoxy) is 1. The Morgan fingerprint density at radius 1 is 1.13 bits per heavy atom. The molecule has 4 nitrogen and oxygen atoms in total. The van der Waals surface area contributed by atoms with E-state index in [0.717, 1.165) is 27.1 Å². The Bertz CT molecular complexity index is 683. The van der Waals surface area contributed by atoms with Crippen LogP contribution in [0.3, 0.4) is 0 Å². The molecule has 0 aliphatic rings. The van der Waals surface area contributed by atoms with Crippen LogP contribution in [0.1, 0.15) is 11.1 Å². The Hall–Kier alpha value is -1.66. The number of hydrogen-bond acceptors (Lipinski definition) is 3. The summed E-state index contributed by atoms with van der Waals surface area (Å²) in [6.07, 6.45) is 0.267. The third-order valence-electron chi connectivity index (χ3n) is 3.14. The van der Waals surface area contributed by atoms with Gasteiger partial charge in [-0.05, 0) is 35.4 Å². The fraction of sp³-hybridized carbons (Fsp3) is 0.176. The Balaban J connectivity index is 1.98. The minimum Gasteiger partial charge on any atom is -0.497 e. The lowest BCUT2D eigenvalue weighted by Gasteiger charge is -2.06. The normalized spacial score (nSPS) is 11.2.